The molecule has 2 heterocycles. The van der Waals surface area contributed by atoms with E-state index < -0.39 is 0 Å². The predicted octanol–water partition coefficient (Wildman–Crippen LogP) is 4.95. The zero-order valence-electron chi connectivity index (χ0n) is 19.7. The van der Waals surface area contributed by atoms with Gasteiger partial charge in [0.05, 0.1) is 14.2 Å². The van der Waals surface area contributed by atoms with Crippen LogP contribution in [0.5, 0.6) is 11.5 Å². The van der Waals surface area contributed by atoms with Gasteiger partial charge in [0.2, 0.25) is 0 Å². The summed E-state index contributed by atoms with van der Waals surface area (Å²) in [5.41, 5.74) is 6.13. The molecule has 4 heteroatoms. The molecule has 0 amide bonds. The van der Waals surface area contributed by atoms with Crippen molar-refractivity contribution in [2.45, 2.75) is 75.3 Å². The Hall–Kier alpha value is -2.04. The van der Waals surface area contributed by atoms with E-state index in [1.54, 1.807) is 14.2 Å². The Labute approximate surface area is 193 Å². The minimum absolute atomic E-state index is 0.702. The van der Waals surface area contributed by atoms with Crippen LogP contribution in [-0.2, 0) is 12.8 Å². The molecular weight excluding hydrogens is 396 g/mol. The zero-order chi connectivity index (χ0) is 21.9. The third-order valence-electron chi connectivity index (χ3n) is 8.12. The summed E-state index contributed by atoms with van der Waals surface area (Å²) in [6.45, 7) is 2.39. The molecule has 2 fully saturated rings. The highest BCUT2D eigenvalue weighted by molar-refractivity contribution is 5.42. The first-order valence-corrected chi connectivity index (χ1v) is 12.6. The number of hydrogen-bond donors (Lipinski definition) is 2. The largest absolute Gasteiger partial charge is 0.497 e. The van der Waals surface area contributed by atoms with Crippen LogP contribution >= 0.6 is 0 Å². The van der Waals surface area contributed by atoms with Crippen LogP contribution in [0.2, 0.25) is 0 Å². The number of nitrogens with one attached hydrogen (secondary N) is 2. The van der Waals surface area contributed by atoms with E-state index in [1.807, 2.05) is 0 Å². The van der Waals surface area contributed by atoms with Gasteiger partial charge in [-0.3, -0.25) is 0 Å². The number of benzene rings is 2. The molecule has 2 unspecified atom stereocenters. The van der Waals surface area contributed by atoms with Crippen LogP contribution < -0.4 is 20.1 Å². The topological polar surface area (TPSA) is 42.5 Å². The molecule has 0 radical (unpaired) electrons. The first kappa shape index (κ1) is 21.8. The fraction of sp³-hybridized carbons (Fsp3) is 0.571. The van der Waals surface area contributed by atoms with E-state index in [9.17, 15) is 0 Å². The molecule has 2 aromatic carbocycles. The van der Waals surface area contributed by atoms with Gasteiger partial charge in [0.1, 0.15) is 11.5 Å². The maximum absolute atomic E-state index is 5.34. The van der Waals surface area contributed by atoms with Crippen LogP contribution in [0, 0.1) is 0 Å². The summed E-state index contributed by atoms with van der Waals surface area (Å²) >= 11 is 0. The quantitative estimate of drug-likeness (QED) is 0.702. The maximum atomic E-state index is 5.34. The fourth-order valence-electron chi connectivity index (χ4n) is 6.42. The Kier molecular flexibility index (Phi) is 6.70. The molecule has 2 N–H and O–H groups in total. The predicted molar refractivity (Wildman–Crippen MR) is 130 cm³/mol. The van der Waals surface area contributed by atoms with Crippen LogP contribution in [0.4, 0.5) is 0 Å². The number of rotatable bonds is 2. The molecule has 0 bridgehead atoms. The summed E-state index contributed by atoms with van der Waals surface area (Å²) in [4.78, 5) is 0. The van der Waals surface area contributed by atoms with E-state index in [0.29, 0.717) is 23.9 Å². The average molecular weight is 435 g/mol. The Morgan fingerprint density at radius 2 is 1.12 bits per heavy atom. The van der Waals surface area contributed by atoms with Crippen molar-refractivity contribution in [3.05, 3.63) is 58.7 Å². The number of hydrogen-bond acceptors (Lipinski definition) is 4. The van der Waals surface area contributed by atoms with Crippen molar-refractivity contribution in [2.75, 3.05) is 27.3 Å². The molecule has 2 aliphatic carbocycles. The second kappa shape index (κ2) is 9.84. The molecular formula is C28H38N2O2. The molecule has 4 atom stereocenters. The van der Waals surface area contributed by atoms with Crippen LogP contribution in [0.15, 0.2) is 36.4 Å². The molecule has 4 aliphatic rings. The van der Waals surface area contributed by atoms with Gasteiger partial charge in [-0.1, -0.05) is 12.1 Å². The SMILES string of the molecule is COc1ccc2c(c1)C1CCCN[C@@H]1CC2.COc1ccc2c(c1)C1CCCN[C@H]1CC2. The normalized spacial score (nSPS) is 28.1. The molecule has 0 spiro atoms. The van der Waals surface area contributed by atoms with Crippen molar-refractivity contribution in [3.8, 4) is 11.5 Å². The molecule has 2 saturated heterocycles. The van der Waals surface area contributed by atoms with Gasteiger partial charge in [-0.15, -0.1) is 0 Å². The lowest BCUT2D eigenvalue weighted by molar-refractivity contribution is 0.318. The monoisotopic (exact) mass is 434 g/mol. The van der Waals surface area contributed by atoms with E-state index in [0.717, 1.165) is 11.5 Å². The number of piperidine rings is 2. The van der Waals surface area contributed by atoms with Crippen LogP contribution in [0.3, 0.4) is 0 Å². The Bertz CT molecular complexity index is 852. The van der Waals surface area contributed by atoms with E-state index in [-0.39, 0.29) is 0 Å². The van der Waals surface area contributed by atoms with Gasteiger partial charge >= 0.3 is 0 Å². The molecule has 2 aromatic rings. The van der Waals surface area contributed by atoms with E-state index in [2.05, 4.69) is 47.0 Å². The third-order valence-corrected chi connectivity index (χ3v) is 8.12. The van der Waals surface area contributed by atoms with Crippen LogP contribution in [0.25, 0.3) is 0 Å². The minimum Gasteiger partial charge on any atom is -0.497 e. The molecule has 4 nitrogen and oxygen atoms in total. The third kappa shape index (κ3) is 4.40. The second-order valence-corrected chi connectivity index (χ2v) is 9.83. The molecule has 6 rings (SSSR count). The van der Waals surface area contributed by atoms with E-state index >= 15 is 0 Å². The van der Waals surface area contributed by atoms with Gasteiger partial charge < -0.3 is 20.1 Å². The van der Waals surface area contributed by atoms with Crippen molar-refractivity contribution < 1.29 is 9.47 Å². The lowest BCUT2D eigenvalue weighted by Crippen LogP contribution is -2.42. The molecule has 172 valence electrons. The Morgan fingerprint density at radius 1 is 0.656 bits per heavy atom. The van der Waals surface area contributed by atoms with Gasteiger partial charge in [-0.25, -0.2) is 0 Å². The van der Waals surface area contributed by atoms with Crippen molar-refractivity contribution >= 4 is 0 Å². The summed E-state index contributed by atoms with van der Waals surface area (Å²) in [5, 5.41) is 7.32. The minimum atomic E-state index is 0.702. The number of fused-ring (bicyclic) bond motifs is 6. The number of aryl methyl sites for hydroxylation is 2. The van der Waals surface area contributed by atoms with Crippen molar-refractivity contribution in [3.63, 3.8) is 0 Å². The summed E-state index contributed by atoms with van der Waals surface area (Å²) < 4.78 is 10.7. The molecule has 0 saturated carbocycles. The van der Waals surface area contributed by atoms with E-state index in [4.69, 9.17) is 9.47 Å². The zero-order valence-corrected chi connectivity index (χ0v) is 19.7. The van der Waals surface area contributed by atoms with Crippen LogP contribution in [0.1, 0.15) is 72.6 Å². The molecule has 2 aliphatic heterocycles. The first-order chi connectivity index (χ1) is 15.8. The Balaban J connectivity index is 0.000000135. The van der Waals surface area contributed by atoms with Gasteiger partial charge in [-0.2, -0.15) is 0 Å². The van der Waals surface area contributed by atoms with Gasteiger partial charge in [0.15, 0.2) is 0 Å². The smallest absolute Gasteiger partial charge is 0.119 e. The lowest BCUT2D eigenvalue weighted by Gasteiger charge is -2.38. The Morgan fingerprint density at radius 3 is 1.56 bits per heavy atom. The maximum Gasteiger partial charge on any atom is 0.119 e. The molecule has 32 heavy (non-hydrogen) atoms. The average Bonchev–Trinajstić information content (AvgIpc) is 2.88. The van der Waals surface area contributed by atoms with Gasteiger partial charge in [0.25, 0.3) is 0 Å². The summed E-state index contributed by atoms with van der Waals surface area (Å²) in [6.07, 6.45) is 10.3. The lowest BCUT2D eigenvalue weighted by atomic mass is 9.75. The van der Waals surface area contributed by atoms with Gasteiger partial charge in [0, 0.05) is 12.1 Å². The number of methoxy groups -OCH3 is 2. The molecule has 0 aromatic heterocycles. The number of ether oxygens (including phenoxy) is 2. The summed E-state index contributed by atoms with van der Waals surface area (Å²) in [6, 6.07) is 14.6. The second-order valence-electron chi connectivity index (χ2n) is 9.83. The van der Waals surface area contributed by atoms with Crippen molar-refractivity contribution in [2.24, 2.45) is 0 Å². The van der Waals surface area contributed by atoms with Crippen LogP contribution in [-0.4, -0.2) is 39.4 Å². The first-order valence-electron chi connectivity index (χ1n) is 12.6. The highest BCUT2D eigenvalue weighted by Gasteiger charge is 2.32. The highest BCUT2D eigenvalue weighted by atomic mass is 16.5. The van der Waals surface area contributed by atoms with E-state index in [1.165, 1.54) is 86.7 Å². The fourth-order valence-corrected chi connectivity index (χ4v) is 6.42. The van der Waals surface area contributed by atoms with Gasteiger partial charge in [-0.05, 0) is 123 Å². The van der Waals surface area contributed by atoms with Crippen molar-refractivity contribution in [1.82, 2.24) is 10.6 Å². The van der Waals surface area contributed by atoms with Crippen molar-refractivity contribution in [1.29, 1.82) is 0 Å². The standard InChI is InChI=1S/2C14H19NO/c2*1-16-11-6-4-10-5-7-14-12(13(10)9-11)3-2-8-15-14/h2*4,6,9,12,14-15H,2-3,5,7-8H2,1H3/t2*12?,14-/m10/s1. The summed E-state index contributed by atoms with van der Waals surface area (Å²) in [5.74, 6) is 3.44. The highest BCUT2D eigenvalue weighted by Crippen LogP contribution is 2.39. The summed E-state index contributed by atoms with van der Waals surface area (Å²) in [7, 11) is 3.50.